The Morgan fingerprint density at radius 3 is 2.42 bits per heavy atom. The van der Waals surface area contributed by atoms with Crippen LogP contribution in [0.3, 0.4) is 0 Å². The smallest absolute Gasteiger partial charge is 0.271 e. The highest BCUT2D eigenvalue weighted by molar-refractivity contribution is 7.07. The number of benzene rings is 3. The maximum Gasteiger partial charge on any atom is 0.271 e. The van der Waals surface area contributed by atoms with Gasteiger partial charge < -0.3 is 19.1 Å². The van der Waals surface area contributed by atoms with Gasteiger partial charge in [0.1, 0.15) is 29.9 Å². The number of methoxy groups -OCH3 is 2. The summed E-state index contributed by atoms with van der Waals surface area (Å²) in [4.78, 5) is 35.0. The van der Waals surface area contributed by atoms with Crippen molar-refractivity contribution in [2.45, 2.75) is 33.4 Å². The Balaban J connectivity index is 1.56. The van der Waals surface area contributed by atoms with Crippen LogP contribution >= 0.6 is 11.3 Å². The van der Waals surface area contributed by atoms with Gasteiger partial charge >= 0.3 is 0 Å². The van der Waals surface area contributed by atoms with Crippen LogP contribution in [-0.2, 0) is 11.4 Å². The fraction of sp³-hybridized carbons (Fsp3) is 0.257. The molecular weight excluding hydrogens is 588 g/mol. The van der Waals surface area contributed by atoms with Crippen LogP contribution in [0.2, 0.25) is 0 Å². The van der Waals surface area contributed by atoms with Gasteiger partial charge in [-0.25, -0.2) is 4.99 Å². The van der Waals surface area contributed by atoms with E-state index in [1.54, 1.807) is 48.8 Å². The fourth-order valence-corrected chi connectivity index (χ4v) is 6.40. The summed E-state index contributed by atoms with van der Waals surface area (Å²) in [5, 5.41) is 9.33. The Kier molecular flexibility index (Phi) is 9.50. The predicted octanol–water partition coefficient (Wildman–Crippen LogP) is 4.57. The lowest BCUT2D eigenvalue weighted by molar-refractivity contribution is -0.127. The van der Waals surface area contributed by atoms with Gasteiger partial charge in [0, 0.05) is 24.2 Å². The molecule has 0 unspecified atom stereocenters. The van der Waals surface area contributed by atoms with Crippen molar-refractivity contribution in [3.05, 3.63) is 120 Å². The maximum absolute atomic E-state index is 14.1. The SMILES string of the molecule is CCN(CC)C(=O)C1=C(C)N=c2s/c(=C/c3ccc(OCc4ccccc4C#N)cc3)c(=O)n2[C@H]1c1cc(OC)ccc1OC. The zero-order valence-electron chi connectivity index (χ0n) is 25.9. The van der Waals surface area contributed by atoms with Crippen molar-refractivity contribution in [2.24, 2.45) is 4.99 Å². The molecule has 9 nitrogen and oxygen atoms in total. The summed E-state index contributed by atoms with van der Waals surface area (Å²) in [5.74, 6) is 1.57. The Bertz CT molecular complexity index is 1980. The average Bonchev–Trinajstić information content (AvgIpc) is 3.37. The van der Waals surface area contributed by atoms with Gasteiger partial charge in [-0.15, -0.1) is 0 Å². The number of nitrogens with zero attached hydrogens (tertiary/aromatic N) is 4. The number of fused-ring (bicyclic) bond motifs is 1. The highest BCUT2D eigenvalue weighted by Crippen LogP contribution is 2.38. The number of carbonyl (C=O) groups excluding carboxylic acids is 1. The quantitative estimate of drug-likeness (QED) is 0.257. The summed E-state index contributed by atoms with van der Waals surface area (Å²) < 4.78 is 19.2. The van der Waals surface area contributed by atoms with Crippen molar-refractivity contribution in [1.29, 1.82) is 5.26 Å². The summed E-state index contributed by atoms with van der Waals surface area (Å²) in [6, 6.07) is 21.5. The maximum atomic E-state index is 14.1. The number of amides is 1. The standard InChI is InChI=1S/C35H34N4O5S/c1-6-38(7-2)34(41)31-22(3)37-35-39(32(31)28-19-27(42-4)16-17-29(28)43-5)33(40)30(45-35)18-23-12-14-26(15-13-23)44-21-25-11-9-8-10-24(25)20-36/h8-19,32H,6-7,21H2,1-5H3/b30-18+/t32-/m0/s1. The molecule has 0 spiro atoms. The zero-order valence-corrected chi connectivity index (χ0v) is 26.7. The monoisotopic (exact) mass is 622 g/mol. The number of nitriles is 1. The predicted molar refractivity (Wildman–Crippen MR) is 173 cm³/mol. The van der Waals surface area contributed by atoms with E-state index in [1.807, 2.05) is 68.5 Å². The molecule has 0 aliphatic carbocycles. The molecule has 3 aromatic carbocycles. The van der Waals surface area contributed by atoms with Gasteiger partial charge in [0.15, 0.2) is 4.80 Å². The van der Waals surface area contributed by atoms with Crippen LogP contribution in [0.5, 0.6) is 17.2 Å². The van der Waals surface area contributed by atoms with Crippen molar-refractivity contribution in [3.63, 3.8) is 0 Å². The lowest BCUT2D eigenvalue weighted by Crippen LogP contribution is -2.43. The number of likely N-dealkylation sites (N-methyl/N-ethyl adjacent to an activating group) is 1. The van der Waals surface area contributed by atoms with E-state index in [0.29, 0.717) is 62.1 Å². The first-order valence-corrected chi connectivity index (χ1v) is 15.4. The van der Waals surface area contributed by atoms with Gasteiger partial charge in [0.05, 0.1) is 41.7 Å². The van der Waals surface area contributed by atoms with E-state index < -0.39 is 6.04 Å². The van der Waals surface area contributed by atoms with E-state index in [2.05, 4.69) is 6.07 Å². The first-order valence-electron chi connectivity index (χ1n) is 14.6. The van der Waals surface area contributed by atoms with Crippen LogP contribution in [0, 0.1) is 11.3 Å². The molecular formula is C35H34N4O5S. The molecule has 45 heavy (non-hydrogen) atoms. The largest absolute Gasteiger partial charge is 0.497 e. The molecule has 1 atom stereocenters. The summed E-state index contributed by atoms with van der Waals surface area (Å²) >= 11 is 1.27. The van der Waals surface area contributed by atoms with Crippen molar-refractivity contribution in [1.82, 2.24) is 9.47 Å². The second kappa shape index (κ2) is 13.7. The van der Waals surface area contributed by atoms with Gasteiger partial charge in [-0.1, -0.05) is 41.7 Å². The van der Waals surface area contributed by atoms with Crippen molar-refractivity contribution < 1.29 is 19.0 Å². The molecule has 0 radical (unpaired) electrons. The highest BCUT2D eigenvalue weighted by atomic mass is 32.1. The van der Waals surface area contributed by atoms with Crippen molar-refractivity contribution in [3.8, 4) is 23.3 Å². The summed E-state index contributed by atoms with van der Waals surface area (Å²) in [6.07, 6.45) is 1.81. The molecule has 1 amide bonds. The number of aromatic nitrogens is 1. The third-order valence-electron chi connectivity index (χ3n) is 7.74. The second-order valence-corrected chi connectivity index (χ2v) is 11.3. The number of hydrogen-bond acceptors (Lipinski definition) is 8. The summed E-state index contributed by atoms with van der Waals surface area (Å²) in [6.45, 7) is 6.96. The molecule has 1 aliphatic heterocycles. The van der Waals surface area contributed by atoms with Gasteiger partial charge in [-0.05, 0) is 68.8 Å². The van der Waals surface area contributed by atoms with E-state index in [9.17, 15) is 14.9 Å². The number of allylic oxidation sites excluding steroid dienone is 1. The number of rotatable bonds is 10. The first kappa shape index (κ1) is 31.3. The van der Waals surface area contributed by atoms with Crippen molar-refractivity contribution >= 4 is 23.3 Å². The molecule has 0 N–H and O–H groups in total. The topological polar surface area (TPSA) is 106 Å². The number of hydrogen-bond donors (Lipinski definition) is 0. The number of thiazole rings is 1. The van der Waals surface area contributed by atoms with Gasteiger partial charge in [-0.3, -0.25) is 14.2 Å². The summed E-state index contributed by atoms with van der Waals surface area (Å²) in [5.41, 5.74) is 3.52. The molecule has 5 rings (SSSR count). The Morgan fingerprint density at radius 1 is 1.04 bits per heavy atom. The van der Waals surface area contributed by atoms with Gasteiger partial charge in [-0.2, -0.15) is 5.26 Å². The minimum Gasteiger partial charge on any atom is -0.497 e. The molecule has 2 heterocycles. The summed E-state index contributed by atoms with van der Waals surface area (Å²) in [7, 11) is 3.13. The van der Waals surface area contributed by atoms with E-state index in [-0.39, 0.29) is 18.1 Å². The molecule has 0 bridgehead atoms. The van der Waals surface area contributed by atoms with E-state index in [0.717, 1.165) is 11.1 Å². The zero-order chi connectivity index (χ0) is 32.1. The lowest BCUT2D eigenvalue weighted by Gasteiger charge is -2.30. The highest BCUT2D eigenvalue weighted by Gasteiger charge is 2.36. The molecule has 0 fully saturated rings. The van der Waals surface area contributed by atoms with Gasteiger partial charge in [0.25, 0.3) is 11.5 Å². The molecule has 1 aromatic heterocycles. The third-order valence-corrected chi connectivity index (χ3v) is 8.73. The Morgan fingerprint density at radius 2 is 1.76 bits per heavy atom. The molecule has 230 valence electrons. The number of ether oxygens (including phenoxy) is 3. The van der Waals surface area contributed by atoms with E-state index in [1.165, 1.54) is 11.3 Å². The van der Waals surface area contributed by atoms with Crippen LogP contribution in [0.1, 0.15) is 49.1 Å². The van der Waals surface area contributed by atoms with Crippen LogP contribution in [0.25, 0.3) is 6.08 Å². The molecule has 0 saturated heterocycles. The van der Waals surface area contributed by atoms with Crippen LogP contribution in [0.4, 0.5) is 0 Å². The van der Waals surface area contributed by atoms with E-state index >= 15 is 0 Å². The molecule has 1 aliphatic rings. The molecule has 10 heteroatoms. The second-order valence-electron chi connectivity index (χ2n) is 10.3. The Hall–Kier alpha value is -5.14. The minimum atomic E-state index is -0.770. The lowest BCUT2D eigenvalue weighted by atomic mass is 9.93. The first-order chi connectivity index (χ1) is 21.8. The minimum absolute atomic E-state index is 0.182. The fourth-order valence-electron chi connectivity index (χ4n) is 5.35. The number of carbonyl (C=O) groups is 1. The third kappa shape index (κ3) is 6.26. The van der Waals surface area contributed by atoms with Gasteiger partial charge in [0.2, 0.25) is 0 Å². The average molecular weight is 623 g/mol. The van der Waals surface area contributed by atoms with Crippen LogP contribution in [0.15, 0.2) is 87.8 Å². The molecule has 0 saturated carbocycles. The normalized spacial score (nSPS) is 14.3. The molecule has 4 aromatic rings. The van der Waals surface area contributed by atoms with Crippen molar-refractivity contribution in [2.75, 3.05) is 27.3 Å². The van der Waals surface area contributed by atoms with Crippen LogP contribution < -0.4 is 29.1 Å². The Labute approximate surface area is 265 Å². The van der Waals surface area contributed by atoms with Crippen LogP contribution in [-0.4, -0.2) is 42.7 Å². The van der Waals surface area contributed by atoms with E-state index in [4.69, 9.17) is 19.2 Å².